The molecule has 0 saturated heterocycles. The molecule has 4 rings (SSSR count). The third-order valence-electron chi connectivity index (χ3n) is 8.92. The number of rotatable bonds is 12. The fourth-order valence-electron chi connectivity index (χ4n) is 6.59. The Morgan fingerprint density at radius 3 is 2.26 bits per heavy atom. The van der Waals surface area contributed by atoms with Crippen LogP contribution in [0.5, 0.6) is 0 Å². The van der Waals surface area contributed by atoms with Crippen molar-refractivity contribution in [1.29, 1.82) is 0 Å². The van der Waals surface area contributed by atoms with Gasteiger partial charge < -0.3 is 16.4 Å². The van der Waals surface area contributed by atoms with Gasteiger partial charge in [-0.3, -0.25) is 9.69 Å². The molecule has 3 amide bonds. The van der Waals surface area contributed by atoms with Crippen molar-refractivity contribution in [2.24, 2.45) is 22.6 Å². The molecule has 2 aliphatic carbocycles. The van der Waals surface area contributed by atoms with E-state index in [-0.39, 0.29) is 11.9 Å². The lowest BCUT2D eigenvalue weighted by molar-refractivity contribution is -0.132. The van der Waals surface area contributed by atoms with E-state index in [9.17, 15) is 9.59 Å². The van der Waals surface area contributed by atoms with Gasteiger partial charge in [0, 0.05) is 13.1 Å². The molecule has 0 aromatic heterocycles. The summed E-state index contributed by atoms with van der Waals surface area (Å²) in [6.45, 7) is 3.70. The molecule has 0 bridgehead atoms. The van der Waals surface area contributed by atoms with Gasteiger partial charge in [-0.2, -0.15) is 0 Å². The zero-order valence-corrected chi connectivity index (χ0v) is 23.5. The van der Waals surface area contributed by atoms with Gasteiger partial charge in [0.25, 0.3) is 5.91 Å². The standard InChI is InChI=1S/C31H49N5O2/c1-2-3-20-33-30(38)34-22-26-14-16-27(17-15-26)23-36-28(37)31(35-29(36)32,21-25-12-8-5-9-13-25)19-18-24-10-6-4-7-11-24/h14-17,24-25H,2-13,18-23H2,1H3,(H2,32,35)(H2,33,34,38)/t31-/m1/s1. The lowest BCUT2D eigenvalue weighted by atomic mass is 9.75. The number of carbonyl (C=O) groups excluding carboxylic acids is 2. The molecule has 3 aliphatic rings. The van der Waals surface area contributed by atoms with Gasteiger partial charge in [0.1, 0.15) is 5.54 Å². The number of amides is 3. The highest BCUT2D eigenvalue weighted by Crippen LogP contribution is 2.41. The van der Waals surface area contributed by atoms with Crippen LogP contribution in [-0.4, -0.2) is 34.9 Å². The maximum Gasteiger partial charge on any atom is 0.315 e. The van der Waals surface area contributed by atoms with Crippen LogP contribution in [0.25, 0.3) is 0 Å². The van der Waals surface area contributed by atoms with Crippen molar-refractivity contribution in [3.05, 3.63) is 35.4 Å². The molecule has 7 nitrogen and oxygen atoms in total. The minimum Gasteiger partial charge on any atom is -0.369 e. The third kappa shape index (κ3) is 7.73. The van der Waals surface area contributed by atoms with Crippen LogP contribution >= 0.6 is 0 Å². The van der Waals surface area contributed by atoms with E-state index in [1.807, 2.05) is 24.3 Å². The summed E-state index contributed by atoms with van der Waals surface area (Å²) in [7, 11) is 0. The van der Waals surface area contributed by atoms with Gasteiger partial charge in [0.15, 0.2) is 5.96 Å². The number of nitrogens with zero attached hydrogens (tertiary/aromatic N) is 2. The number of nitrogens with one attached hydrogen (secondary N) is 2. The Kier molecular flexibility index (Phi) is 10.5. The van der Waals surface area contributed by atoms with Gasteiger partial charge in [-0.15, -0.1) is 0 Å². The molecule has 0 spiro atoms. The topological polar surface area (TPSA) is 99.8 Å². The Morgan fingerprint density at radius 1 is 0.974 bits per heavy atom. The van der Waals surface area contributed by atoms with Crippen molar-refractivity contribution >= 4 is 17.9 Å². The lowest BCUT2D eigenvalue weighted by Gasteiger charge is -2.33. The van der Waals surface area contributed by atoms with Crippen molar-refractivity contribution in [1.82, 2.24) is 15.5 Å². The second-order valence-electron chi connectivity index (χ2n) is 11.9. The first-order chi connectivity index (χ1) is 18.5. The van der Waals surface area contributed by atoms with Gasteiger partial charge in [0.2, 0.25) is 0 Å². The number of hydrogen-bond acceptors (Lipinski definition) is 4. The van der Waals surface area contributed by atoms with E-state index in [2.05, 4.69) is 17.6 Å². The van der Waals surface area contributed by atoms with Gasteiger partial charge in [-0.05, 0) is 48.6 Å². The molecule has 1 aromatic rings. The largest absolute Gasteiger partial charge is 0.369 e. The van der Waals surface area contributed by atoms with Crippen molar-refractivity contribution in [3.8, 4) is 0 Å². The smallest absolute Gasteiger partial charge is 0.315 e. The Hall–Kier alpha value is -2.57. The van der Waals surface area contributed by atoms with Crippen LogP contribution in [0.4, 0.5) is 4.79 Å². The monoisotopic (exact) mass is 523 g/mol. The zero-order valence-electron chi connectivity index (χ0n) is 23.5. The molecule has 210 valence electrons. The van der Waals surface area contributed by atoms with Crippen LogP contribution in [0.1, 0.15) is 114 Å². The average Bonchev–Trinajstić information content (AvgIpc) is 3.17. The van der Waals surface area contributed by atoms with Crippen molar-refractivity contribution in [2.75, 3.05) is 6.54 Å². The number of aliphatic imine (C=N–C) groups is 1. The van der Waals surface area contributed by atoms with E-state index in [1.165, 1.54) is 64.2 Å². The first-order valence-electron chi connectivity index (χ1n) is 15.3. The summed E-state index contributed by atoms with van der Waals surface area (Å²) in [5.41, 5.74) is 7.83. The molecule has 4 N–H and O–H groups in total. The fourth-order valence-corrected chi connectivity index (χ4v) is 6.59. The maximum absolute atomic E-state index is 14.0. The highest BCUT2D eigenvalue weighted by atomic mass is 16.2. The number of carbonyl (C=O) groups is 2. The van der Waals surface area contributed by atoms with Crippen molar-refractivity contribution < 1.29 is 9.59 Å². The van der Waals surface area contributed by atoms with E-state index >= 15 is 0 Å². The highest BCUT2D eigenvalue weighted by Gasteiger charge is 2.48. The van der Waals surface area contributed by atoms with Gasteiger partial charge in [0.05, 0.1) is 6.54 Å². The zero-order chi connectivity index (χ0) is 26.8. The third-order valence-corrected chi connectivity index (χ3v) is 8.92. The summed E-state index contributed by atoms with van der Waals surface area (Å²) in [4.78, 5) is 32.6. The number of unbranched alkanes of at least 4 members (excludes halogenated alkanes) is 1. The van der Waals surface area contributed by atoms with Crippen LogP contribution in [0.15, 0.2) is 29.3 Å². The molecule has 0 unspecified atom stereocenters. The molecule has 2 fully saturated rings. The normalized spacial score (nSPS) is 22.9. The second-order valence-corrected chi connectivity index (χ2v) is 11.9. The minimum absolute atomic E-state index is 0.103. The second kappa shape index (κ2) is 14.0. The quantitative estimate of drug-likeness (QED) is 0.292. The number of urea groups is 1. The van der Waals surface area contributed by atoms with Crippen LogP contribution in [-0.2, 0) is 17.9 Å². The Labute approximate surface area is 229 Å². The summed E-state index contributed by atoms with van der Waals surface area (Å²) >= 11 is 0. The summed E-state index contributed by atoms with van der Waals surface area (Å²) in [6, 6.07) is 7.92. The number of benzene rings is 1. The van der Waals surface area contributed by atoms with E-state index < -0.39 is 5.54 Å². The summed E-state index contributed by atoms with van der Waals surface area (Å²) in [5.74, 6) is 1.77. The van der Waals surface area contributed by atoms with Gasteiger partial charge in [-0.1, -0.05) is 102 Å². The molecule has 38 heavy (non-hydrogen) atoms. The molecule has 1 aromatic carbocycles. The summed E-state index contributed by atoms with van der Waals surface area (Å²) in [6.07, 6.45) is 17.6. The van der Waals surface area contributed by atoms with Crippen LogP contribution < -0.4 is 16.4 Å². The van der Waals surface area contributed by atoms with Crippen molar-refractivity contribution in [3.63, 3.8) is 0 Å². The van der Waals surface area contributed by atoms with E-state index in [0.29, 0.717) is 31.5 Å². The predicted octanol–water partition coefficient (Wildman–Crippen LogP) is 6.01. The summed E-state index contributed by atoms with van der Waals surface area (Å²) < 4.78 is 0. The summed E-state index contributed by atoms with van der Waals surface area (Å²) in [5, 5.41) is 5.77. The molecule has 1 atom stereocenters. The van der Waals surface area contributed by atoms with Gasteiger partial charge in [-0.25, -0.2) is 9.79 Å². The SMILES string of the molecule is CCCCNC(=O)NCc1ccc(CN2C(=O)[C@@](CCC3CCCCC3)(CC3CCCCC3)N=C2N)cc1. The molecule has 7 heteroatoms. The average molecular weight is 524 g/mol. The Balaban J connectivity index is 1.37. The molecule has 0 radical (unpaired) electrons. The Bertz CT molecular complexity index is 934. The Morgan fingerprint density at radius 2 is 1.61 bits per heavy atom. The van der Waals surface area contributed by atoms with Crippen LogP contribution in [0.3, 0.4) is 0 Å². The van der Waals surface area contributed by atoms with E-state index in [1.54, 1.807) is 4.90 Å². The highest BCUT2D eigenvalue weighted by molar-refractivity contribution is 6.06. The predicted molar refractivity (Wildman–Crippen MR) is 153 cm³/mol. The lowest BCUT2D eigenvalue weighted by Crippen LogP contribution is -2.45. The van der Waals surface area contributed by atoms with Crippen LogP contribution in [0.2, 0.25) is 0 Å². The van der Waals surface area contributed by atoms with Crippen molar-refractivity contribution in [2.45, 2.75) is 122 Å². The molecule has 1 heterocycles. The molecular weight excluding hydrogens is 474 g/mol. The van der Waals surface area contributed by atoms with Gasteiger partial charge >= 0.3 is 6.03 Å². The van der Waals surface area contributed by atoms with Crippen LogP contribution in [0, 0.1) is 11.8 Å². The molecular formula is C31H49N5O2. The fraction of sp³-hybridized carbons (Fsp3) is 0.710. The first-order valence-corrected chi connectivity index (χ1v) is 15.3. The molecule has 1 aliphatic heterocycles. The first kappa shape index (κ1) is 28.4. The van der Waals surface area contributed by atoms with E-state index in [0.717, 1.165) is 49.1 Å². The molecule has 2 saturated carbocycles. The number of guanidine groups is 1. The number of hydrogen-bond donors (Lipinski definition) is 3. The number of nitrogens with two attached hydrogens (primary N) is 1. The van der Waals surface area contributed by atoms with E-state index in [4.69, 9.17) is 10.7 Å². The minimum atomic E-state index is -0.682. The maximum atomic E-state index is 14.0.